The van der Waals surface area contributed by atoms with E-state index < -0.39 is 17.4 Å². The second kappa shape index (κ2) is 11.0. The van der Waals surface area contributed by atoms with Crippen LogP contribution in [0.3, 0.4) is 0 Å². The number of aromatic nitrogens is 2. The lowest BCUT2D eigenvalue weighted by Crippen LogP contribution is -2.27. The SMILES string of the molecule is CC(=O)Nc1ccc(NC(=O)Cn2cnc3sc(C(=O)OCCc4ccccc4)c(C)c3c2=O)cc1. The number of esters is 1. The Bertz CT molecular complexity index is 1480. The number of aryl methyl sites for hydroxylation is 1. The Hall–Kier alpha value is -4.31. The number of fused-ring (bicyclic) bond motifs is 1. The number of benzene rings is 2. The number of hydrogen-bond acceptors (Lipinski definition) is 7. The number of carbonyl (C=O) groups excluding carboxylic acids is 3. The molecule has 0 saturated heterocycles. The first-order chi connectivity index (χ1) is 17.3. The van der Waals surface area contributed by atoms with Gasteiger partial charge in [0.2, 0.25) is 11.8 Å². The van der Waals surface area contributed by atoms with Gasteiger partial charge in [-0.3, -0.25) is 19.0 Å². The Balaban J connectivity index is 1.43. The van der Waals surface area contributed by atoms with E-state index in [9.17, 15) is 19.2 Å². The highest BCUT2D eigenvalue weighted by Crippen LogP contribution is 2.27. The van der Waals surface area contributed by atoms with Gasteiger partial charge in [0.1, 0.15) is 16.3 Å². The maximum absolute atomic E-state index is 13.1. The molecule has 2 amide bonds. The van der Waals surface area contributed by atoms with E-state index in [0.717, 1.165) is 16.9 Å². The van der Waals surface area contributed by atoms with Gasteiger partial charge in [0.15, 0.2) is 0 Å². The first-order valence-corrected chi connectivity index (χ1v) is 12.0. The fraction of sp³-hybridized carbons (Fsp3) is 0.192. The molecule has 184 valence electrons. The predicted molar refractivity (Wildman–Crippen MR) is 138 cm³/mol. The highest BCUT2D eigenvalue weighted by molar-refractivity contribution is 7.20. The summed E-state index contributed by atoms with van der Waals surface area (Å²) in [6, 6.07) is 16.3. The van der Waals surface area contributed by atoms with Gasteiger partial charge in [0, 0.05) is 24.7 Å². The van der Waals surface area contributed by atoms with Crippen molar-refractivity contribution in [1.29, 1.82) is 0 Å². The standard InChI is InChI=1S/C26H24N4O5S/c1-16-22-24(36-23(16)26(34)35-13-12-18-6-4-3-5-7-18)27-15-30(25(22)33)14-21(32)29-20-10-8-19(9-11-20)28-17(2)31/h3-11,15H,12-14H2,1-2H3,(H,28,31)(H,29,32). The number of hydrogen-bond donors (Lipinski definition) is 2. The lowest BCUT2D eigenvalue weighted by Gasteiger charge is -2.08. The number of anilines is 2. The molecular formula is C26H24N4O5S. The average Bonchev–Trinajstić information content (AvgIpc) is 3.19. The van der Waals surface area contributed by atoms with E-state index >= 15 is 0 Å². The number of nitrogens with one attached hydrogen (secondary N) is 2. The second-order valence-corrected chi connectivity index (χ2v) is 9.09. The molecule has 0 atom stereocenters. The van der Waals surface area contributed by atoms with E-state index in [1.54, 1.807) is 31.2 Å². The molecule has 0 aliphatic carbocycles. The normalized spacial score (nSPS) is 10.7. The van der Waals surface area contributed by atoms with Crippen LogP contribution >= 0.6 is 11.3 Å². The Kier molecular flexibility index (Phi) is 7.55. The molecule has 9 nitrogen and oxygen atoms in total. The maximum Gasteiger partial charge on any atom is 0.348 e. The molecule has 0 saturated carbocycles. The van der Waals surface area contributed by atoms with Crippen LogP contribution < -0.4 is 16.2 Å². The molecule has 4 rings (SSSR count). The largest absolute Gasteiger partial charge is 0.461 e. The molecule has 36 heavy (non-hydrogen) atoms. The number of amides is 2. The van der Waals surface area contributed by atoms with Gasteiger partial charge in [-0.25, -0.2) is 9.78 Å². The molecule has 2 aromatic heterocycles. The van der Waals surface area contributed by atoms with Gasteiger partial charge in [-0.15, -0.1) is 11.3 Å². The smallest absolute Gasteiger partial charge is 0.348 e. The lowest BCUT2D eigenvalue weighted by molar-refractivity contribution is -0.117. The summed E-state index contributed by atoms with van der Waals surface area (Å²) in [7, 11) is 0. The van der Waals surface area contributed by atoms with Crippen molar-refractivity contribution < 1.29 is 19.1 Å². The molecule has 0 radical (unpaired) electrons. The molecule has 10 heteroatoms. The summed E-state index contributed by atoms with van der Waals surface area (Å²) in [5.41, 5.74) is 2.26. The van der Waals surface area contributed by atoms with E-state index in [-0.39, 0.29) is 19.1 Å². The van der Waals surface area contributed by atoms with Gasteiger partial charge in [0.05, 0.1) is 18.3 Å². The highest BCUT2D eigenvalue weighted by Gasteiger charge is 2.21. The van der Waals surface area contributed by atoms with Crippen molar-refractivity contribution in [2.24, 2.45) is 0 Å². The van der Waals surface area contributed by atoms with Crippen LogP contribution in [0.15, 0.2) is 65.7 Å². The summed E-state index contributed by atoms with van der Waals surface area (Å²) in [5, 5.41) is 5.65. The minimum atomic E-state index is -0.502. The quantitative estimate of drug-likeness (QED) is 0.353. The average molecular weight is 505 g/mol. The van der Waals surface area contributed by atoms with Gasteiger partial charge < -0.3 is 15.4 Å². The van der Waals surface area contributed by atoms with Crippen molar-refractivity contribution in [1.82, 2.24) is 9.55 Å². The van der Waals surface area contributed by atoms with Crippen LogP contribution in [-0.4, -0.2) is 33.9 Å². The first-order valence-electron chi connectivity index (χ1n) is 11.2. The van der Waals surface area contributed by atoms with Crippen LogP contribution in [0.5, 0.6) is 0 Å². The lowest BCUT2D eigenvalue weighted by atomic mass is 10.2. The third-order valence-electron chi connectivity index (χ3n) is 5.37. The van der Waals surface area contributed by atoms with E-state index in [0.29, 0.717) is 38.5 Å². The van der Waals surface area contributed by atoms with Crippen molar-refractivity contribution in [3.8, 4) is 0 Å². The van der Waals surface area contributed by atoms with Crippen LogP contribution in [-0.2, 0) is 27.3 Å². The van der Waals surface area contributed by atoms with Gasteiger partial charge in [-0.2, -0.15) is 0 Å². The zero-order valence-corrected chi connectivity index (χ0v) is 20.6. The minimum absolute atomic E-state index is 0.193. The third kappa shape index (κ3) is 5.84. The number of ether oxygens (including phenoxy) is 1. The van der Waals surface area contributed by atoms with E-state index in [1.807, 2.05) is 30.3 Å². The third-order valence-corrected chi connectivity index (χ3v) is 6.55. The molecule has 0 aliphatic heterocycles. The Morgan fingerprint density at radius 1 is 1.00 bits per heavy atom. The topological polar surface area (TPSA) is 119 Å². The fourth-order valence-corrected chi connectivity index (χ4v) is 4.67. The van der Waals surface area contributed by atoms with Crippen LogP contribution in [0, 0.1) is 6.92 Å². The van der Waals surface area contributed by atoms with Gasteiger partial charge >= 0.3 is 5.97 Å². The summed E-state index contributed by atoms with van der Waals surface area (Å²) < 4.78 is 6.62. The summed E-state index contributed by atoms with van der Waals surface area (Å²) in [6.07, 6.45) is 1.89. The minimum Gasteiger partial charge on any atom is -0.461 e. The maximum atomic E-state index is 13.1. The summed E-state index contributed by atoms with van der Waals surface area (Å²) >= 11 is 1.10. The summed E-state index contributed by atoms with van der Waals surface area (Å²) in [4.78, 5) is 54.4. The zero-order chi connectivity index (χ0) is 25.7. The monoisotopic (exact) mass is 504 g/mol. The first kappa shape index (κ1) is 24.8. The number of rotatable bonds is 8. The van der Waals surface area contributed by atoms with Crippen molar-refractivity contribution >= 4 is 50.7 Å². The molecule has 0 unspecified atom stereocenters. The number of carbonyl (C=O) groups is 3. The van der Waals surface area contributed by atoms with E-state index in [1.165, 1.54) is 17.8 Å². The van der Waals surface area contributed by atoms with E-state index in [4.69, 9.17) is 4.74 Å². The van der Waals surface area contributed by atoms with E-state index in [2.05, 4.69) is 15.6 Å². The van der Waals surface area contributed by atoms with Crippen LogP contribution in [0.4, 0.5) is 11.4 Å². The highest BCUT2D eigenvalue weighted by atomic mass is 32.1. The van der Waals surface area contributed by atoms with Gasteiger partial charge in [-0.1, -0.05) is 30.3 Å². The number of thiophene rings is 1. The Morgan fingerprint density at radius 2 is 1.67 bits per heavy atom. The van der Waals surface area contributed by atoms with Crippen molar-refractivity contribution in [3.63, 3.8) is 0 Å². The predicted octanol–water partition coefficient (Wildman–Crippen LogP) is 3.76. The molecule has 0 spiro atoms. The van der Waals surface area contributed by atoms with Crippen molar-refractivity contribution in [2.45, 2.75) is 26.8 Å². The molecule has 2 aromatic carbocycles. The molecule has 0 aliphatic rings. The molecule has 4 aromatic rings. The summed E-state index contributed by atoms with van der Waals surface area (Å²) in [6.45, 7) is 3.06. The Morgan fingerprint density at radius 3 is 2.33 bits per heavy atom. The van der Waals surface area contributed by atoms with Gasteiger partial charge in [-0.05, 0) is 42.3 Å². The van der Waals surface area contributed by atoms with Crippen LogP contribution in [0.2, 0.25) is 0 Å². The second-order valence-electron chi connectivity index (χ2n) is 8.09. The molecule has 0 bridgehead atoms. The fourth-order valence-electron chi connectivity index (χ4n) is 3.63. The van der Waals surface area contributed by atoms with Crippen LogP contribution in [0.1, 0.15) is 27.7 Å². The zero-order valence-electron chi connectivity index (χ0n) is 19.7. The van der Waals surface area contributed by atoms with Crippen molar-refractivity contribution in [3.05, 3.63) is 87.3 Å². The Labute approximate surface area is 210 Å². The number of nitrogens with zero attached hydrogens (tertiary/aromatic N) is 2. The van der Waals surface area contributed by atoms with Gasteiger partial charge in [0.25, 0.3) is 5.56 Å². The molecule has 2 N–H and O–H groups in total. The van der Waals surface area contributed by atoms with Crippen LogP contribution in [0.25, 0.3) is 10.2 Å². The molecule has 2 heterocycles. The molecule has 0 fully saturated rings. The summed E-state index contributed by atoms with van der Waals surface area (Å²) in [5.74, 6) is -1.11. The van der Waals surface area contributed by atoms with Crippen molar-refractivity contribution in [2.75, 3.05) is 17.2 Å². The molecular weight excluding hydrogens is 480 g/mol.